The number of Topliss-reactive ketones (excluding diaryl/α,β-unsaturated/α-hetero) is 1. The highest BCUT2D eigenvalue weighted by molar-refractivity contribution is 5.98. The van der Waals surface area contributed by atoms with Gasteiger partial charge in [-0.2, -0.15) is 0 Å². The molecule has 1 saturated heterocycles. The van der Waals surface area contributed by atoms with E-state index in [4.69, 9.17) is 0 Å². The summed E-state index contributed by atoms with van der Waals surface area (Å²) >= 11 is 0. The quantitative estimate of drug-likeness (QED) is 0.643. The van der Waals surface area contributed by atoms with Gasteiger partial charge in [0.05, 0.1) is 0 Å². The number of likely N-dealkylation sites (tertiary alicyclic amines) is 1. The maximum atomic E-state index is 12.5. The van der Waals surface area contributed by atoms with Crippen molar-refractivity contribution in [3.8, 4) is 0 Å². The molecule has 0 atom stereocenters. The molecule has 3 rings (SSSR count). The monoisotopic (exact) mass is 412 g/mol. The first-order valence-electron chi connectivity index (χ1n) is 11.7. The molecule has 1 aliphatic heterocycles. The van der Waals surface area contributed by atoms with E-state index in [2.05, 4.69) is 5.32 Å². The maximum absolute atomic E-state index is 12.5. The number of nitrogens with zero attached hydrogens (tertiary/aromatic N) is 1. The number of ketones is 1. The zero-order valence-electron chi connectivity index (χ0n) is 18.3. The summed E-state index contributed by atoms with van der Waals surface area (Å²) < 4.78 is 0. The normalized spacial score (nSPS) is 18.2. The predicted octanol–water partition coefficient (Wildman–Crippen LogP) is 4.43. The summed E-state index contributed by atoms with van der Waals surface area (Å²) in [6.07, 6.45) is 10.3. The number of carbonyl (C=O) groups excluding carboxylic acids is 3. The Labute approximate surface area is 180 Å². The average molecular weight is 413 g/mol. The number of hydrogen-bond acceptors (Lipinski definition) is 3. The lowest BCUT2D eigenvalue weighted by Gasteiger charge is -2.33. The van der Waals surface area contributed by atoms with Crippen molar-refractivity contribution in [2.24, 2.45) is 5.92 Å². The van der Waals surface area contributed by atoms with E-state index in [1.54, 1.807) is 0 Å². The molecule has 0 bridgehead atoms. The van der Waals surface area contributed by atoms with Crippen molar-refractivity contribution in [3.05, 3.63) is 35.4 Å². The van der Waals surface area contributed by atoms with Crippen molar-refractivity contribution in [1.29, 1.82) is 0 Å². The fraction of sp³-hybridized carbons (Fsp3) is 0.640. The summed E-state index contributed by atoms with van der Waals surface area (Å²) in [5.74, 6) is 0.942. The number of benzene rings is 1. The van der Waals surface area contributed by atoms with Crippen LogP contribution in [0.3, 0.4) is 0 Å². The minimum atomic E-state index is -0.0717. The zero-order valence-corrected chi connectivity index (χ0v) is 18.3. The van der Waals surface area contributed by atoms with E-state index in [0.29, 0.717) is 12.0 Å². The van der Waals surface area contributed by atoms with Gasteiger partial charge in [0.15, 0.2) is 5.78 Å². The minimum Gasteiger partial charge on any atom is -0.353 e. The van der Waals surface area contributed by atoms with Crippen LogP contribution in [-0.4, -0.2) is 41.6 Å². The largest absolute Gasteiger partial charge is 0.353 e. The summed E-state index contributed by atoms with van der Waals surface area (Å²) in [7, 11) is 0. The third kappa shape index (κ3) is 6.96. The molecule has 0 radical (unpaired) electrons. The van der Waals surface area contributed by atoms with Crippen LogP contribution >= 0.6 is 0 Å². The molecule has 2 aliphatic rings. The van der Waals surface area contributed by atoms with E-state index in [1.165, 1.54) is 32.1 Å². The van der Waals surface area contributed by atoms with Gasteiger partial charge < -0.3 is 10.2 Å². The second-order valence-electron chi connectivity index (χ2n) is 9.05. The topological polar surface area (TPSA) is 66.5 Å². The molecular formula is C25H36N2O3. The molecule has 1 N–H and O–H groups in total. The number of hydrogen-bond donors (Lipinski definition) is 1. The minimum absolute atomic E-state index is 0.00327. The first kappa shape index (κ1) is 22.5. The zero-order chi connectivity index (χ0) is 21.3. The van der Waals surface area contributed by atoms with Crippen molar-refractivity contribution >= 4 is 17.6 Å². The predicted molar refractivity (Wildman–Crippen MR) is 118 cm³/mol. The van der Waals surface area contributed by atoms with Crippen LogP contribution in [0.5, 0.6) is 0 Å². The van der Waals surface area contributed by atoms with Gasteiger partial charge >= 0.3 is 0 Å². The summed E-state index contributed by atoms with van der Waals surface area (Å²) in [5.41, 5.74) is 1.77. The standard InChI is InChI=1S/C25H36N2O3/c1-19-7-10-21(11-8-19)23(28)12-13-24(29)26-22-15-17-27(18-16-22)25(30)14-9-20-5-3-2-4-6-20/h7-8,10-11,20,22H,2-6,9,12-18H2,1H3,(H,26,29). The number of carbonyl (C=O) groups is 3. The molecule has 2 fully saturated rings. The lowest BCUT2D eigenvalue weighted by Crippen LogP contribution is -2.46. The molecule has 0 spiro atoms. The molecule has 30 heavy (non-hydrogen) atoms. The van der Waals surface area contributed by atoms with E-state index < -0.39 is 0 Å². The molecule has 1 aliphatic carbocycles. The Morgan fingerprint density at radius 3 is 2.23 bits per heavy atom. The van der Waals surface area contributed by atoms with Gasteiger partial charge in [0.1, 0.15) is 0 Å². The van der Waals surface area contributed by atoms with Crippen LogP contribution in [0.4, 0.5) is 0 Å². The van der Waals surface area contributed by atoms with Crippen LogP contribution in [0.1, 0.15) is 86.6 Å². The van der Waals surface area contributed by atoms with E-state index in [-0.39, 0.29) is 36.5 Å². The van der Waals surface area contributed by atoms with Crippen molar-refractivity contribution in [1.82, 2.24) is 10.2 Å². The molecule has 1 aromatic carbocycles. The summed E-state index contributed by atoms with van der Waals surface area (Å²) in [5, 5.41) is 3.05. The number of piperidine rings is 1. The number of amides is 2. The average Bonchev–Trinajstić information content (AvgIpc) is 2.77. The fourth-order valence-electron chi connectivity index (χ4n) is 4.65. The van der Waals surface area contributed by atoms with Gasteiger partial charge in [0, 0.05) is 44.0 Å². The molecule has 0 aromatic heterocycles. The Hall–Kier alpha value is -2.17. The molecule has 164 valence electrons. The fourth-order valence-corrected chi connectivity index (χ4v) is 4.65. The second-order valence-corrected chi connectivity index (χ2v) is 9.05. The van der Waals surface area contributed by atoms with Crippen molar-refractivity contribution in [2.75, 3.05) is 13.1 Å². The molecule has 0 unspecified atom stereocenters. The maximum Gasteiger partial charge on any atom is 0.222 e. The molecule has 5 heteroatoms. The van der Waals surface area contributed by atoms with Crippen molar-refractivity contribution < 1.29 is 14.4 Å². The lowest BCUT2D eigenvalue weighted by molar-refractivity contribution is -0.132. The second kappa shape index (κ2) is 11.3. The first-order valence-corrected chi connectivity index (χ1v) is 11.7. The van der Waals surface area contributed by atoms with Gasteiger partial charge in [-0.25, -0.2) is 0 Å². The third-order valence-corrected chi connectivity index (χ3v) is 6.66. The summed E-state index contributed by atoms with van der Waals surface area (Å²) in [6, 6.07) is 7.57. The number of rotatable bonds is 8. The SMILES string of the molecule is Cc1ccc(C(=O)CCC(=O)NC2CCN(C(=O)CCC3CCCCC3)CC2)cc1. The smallest absolute Gasteiger partial charge is 0.222 e. The Morgan fingerprint density at radius 2 is 1.57 bits per heavy atom. The van der Waals surface area contributed by atoms with E-state index in [0.717, 1.165) is 43.8 Å². The van der Waals surface area contributed by atoms with E-state index in [9.17, 15) is 14.4 Å². The molecule has 2 amide bonds. The third-order valence-electron chi connectivity index (χ3n) is 6.66. The van der Waals surface area contributed by atoms with Crippen molar-refractivity contribution in [3.63, 3.8) is 0 Å². The Morgan fingerprint density at radius 1 is 0.900 bits per heavy atom. The van der Waals surface area contributed by atoms with Gasteiger partial charge in [-0.05, 0) is 32.1 Å². The van der Waals surface area contributed by atoms with Crippen LogP contribution in [0.25, 0.3) is 0 Å². The van der Waals surface area contributed by atoms with Gasteiger partial charge in [-0.1, -0.05) is 61.9 Å². The first-order chi connectivity index (χ1) is 14.5. The van der Waals surface area contributed by atoms with Crippen LogP contribution in [0.2, 0.25) is 0 Å². The highest BCUT2D eigenvalue weighted by Gasteiger charge is 2.24. The Balaban J connectivity index is 1.31. The lowest BCUT2D eigenvalue weighted by atomic mass is 9.86. The Kier molecular flexibility index (Phi) is 8.47. The van der Waals surface area contributed by atoms with Gasteiger partial charge in [-0.3, -0.25) is 14.4 Å². The summed E-state index contributed by atoms with van der Waals surface area (Å²) in [4.78, 5) is 38.9. The van der Waals surface area contributed by atoms with Crippen LogP contribution in [0.15, 0.2) is 24.3 Å². The molecule has 1 aromatic rings. The molecular weight excluding hydrogens is 376 g/mol. The van der Waals surface area contributed by atoms with Crippen LogP contribution in [-0.2, 0) is 9.59 Å². The van der Waals surface area contributed by atoms with Crippen LogP contribution < -0.4 is 5.32 Å². The van der Waals surface area contributed by atoms with E-state index in [1.807, 2.05) is 36.1 Å². The Bertz CT molecular complexity index is 714. The number of aryl methyl sites for hydroxylation is 1. The van der Waals surface area contributed by atoms with Gasteiger partial charge in [0.2, 0.25) is 11.8 Å². The van der Waals surface area contributed by atoms with E-state index >= 15 is 0 Å². The molecule has 1 saturated carbocycles. The highest BCUT2D eigenvalue weighted by atomic mass is 16.2. The van der Waals surface area contributed by atoms with Gasteiger partial charge in [0.25, 0.3) is 0 Å². The van der Waals surface area contributed by atoms with Gasteiger partial charge in [-0.15, -0.1) is 0 Å². The summed E-state index contributed by atoms with van der Waals surface area (Å²) in [6.45, 7) is 3.42. The van der Waals surface area contributed by atoms with Crippen molar-refractivity contribution in [2.45, 2.75) is 83.6 Å². The van der Waals surface area contributed by atoms with Crippen LogP contribution in [0, 0.1) is 12.8 Å². The molecule has 5 nitrogen and oxygen atoms in total. The molecule has 1 heterocycles. The number of nitrogens with one attached hydrogen (secondary N) is 1. The highest BCUT2D eigenvalue weighted by Crippen LogP contribution is 2.27.